The molecular weight excluding hydrogens is 267 g/mol. The number of fused-ring (bicyclic) bond motifs is 1. The van der Waals surface area contributed by atoms with Gasteiger partial charge in [-0.05, 0) is 28.1 Å². The molecule has 0 aromatic carbocycles. The van der Waals surface area contributed by atoms with Crippen LogP contribution in [0, 0.1) is 5.95 Å². The van der Waals surface area contributed by atoms with E-state index in [4.69, 9.17) is 5.11 Å². The van der Waals surface area contributed by atoms with E-state index in [1.165, 1.54) is 10.5 Å². The average Bonchev–Trinajstić information content (AvgIpc) is 2.44. The number of aliphatic carboxylic acids is 1. The largest absolute Gasteiger partial charge is 0.481 e. The standard InChI is InChI=1S/C9H6BrFN2O2/c10-9-5-2-1-3-6(11)13(5)7(12-9)4-8(14)15/h1-3H,4H2,(H,14,15). The molecule has 78 valence electrons. The van der Waals surface area contributed by atoms with Gasteiger partial charge in [-0.3, -0.25) is 9.20 Å². The van der Waals surface area contributed by atoms with Crippen LogP contribution in [-0.2, 0) is 11.2 Å². The summed E-state index contributed by atoms with van der Waals surface area (Å²) in [5, 5.41) is 8.64. The number of imidazole rings is 1. The zero-order valence-corrected chi connectivity index (χ0v) is 9.03. The molecule has 0 bridgehead atoms. The van der Waals surface area contributed by atoms with Crippen LogP contribution >= 0.6 is 15.9 Å². The second-order valence-corrected chi connectivity index (χ2v) is 3.71. The summed E-state index contributed by atoms with van der Waals surface area (Å²) in [7, 11) is 0. The maximum absolute atomic E-state index is 13.4. The van der Waals surface area contributed by atoms with Gasteiger partial charge in [-0.1, -0.05) is 6.07 Å². The van der Waals surface area contributed by atoms with Crippen LogP contribution in [-0.4, -0.2) is 20.5 Å². The lowest BCUT2D eigenvalue weighted by Crippen LogP contribution is -2.06. The fourth-order valence-electron chi connectivity index (χ4n) is 1.38. The van der Waals surface area contributed by atoms with Crippen molar-refractivity contribution in [3.8, 4) is 0 Å². The first-order valence-electron chi connectivity index (χ1n) is 4.12. The van der Waals surface area contributed by atoms with Gasteiger partial charge in [0.15, 0.2) is 5.95 Å². The highest BCUT2D eigenvalue weighted by atomic mass is 79.9. The van der Waals surface area contributed by atoms with Crippen molar-refractivity contribution in [3.63, 3.8) is 0 Å². The summed E-state index contributed by atoms with van der Waals surface area (Å²) >= 11 is 3.15. The molecule has 15 heavy (non-hydrogen) atoms. The van der Waals surface area contributed by atoms with E-state index in [1.807, 2.05) is 0 Å². The van der Waals surface area contributed by atoms with E-state index in [-0.39, 0.29) is 12.2 Å². The lowest BCUT2D eigenvalue weighted by atomic mass is 10.4. The second kappa shape index (κ2) is 3.62. The van der Waals surface area contributed by atoms with Crippen molar-refractivity contribution in [2.45, 2.75) is 6.42 Å². The number of rotatable bonds is 2. The van der Waals surface area contributed by atoms with Gasteiger partial charge in [-0.15, -0.1) is 0 Å². The first-order chi connectivity index (χ1) is 7.09. The van der Waals surface area contributed by atoms with Crippen LogP contribution in [0.25, 0.3) is 5.52 Å². The zero-order valence-electron chi connectivity index (χ0n) is 7.44. The molecule has 2 heterocycles. The molecule has 0 aliphatic rings. The lowest BCUT2D eigenvalue weighted by molar-refractivity contribution is -0.136. The molecule has 0 aliphatic heterocycles. The number of pyridine rings is 1. The maximum Gasteiger partial charge on any atom is 0.311 e. The minimum atomic E-state index is -1.04. The Morgan fingerprint density at radius 1 is 1.60 bits per heavy atom. The number of halogens is 2. The summed E-state index contributed by atoms with van der Waals surface area (Å²) in [5.41, 5.74) is 0.520. The molecule has 2 rings (SSSR count). The van der Waals surface area contributed by atoms with E-state index < -0.39 is 11.9 Å². The molecule has 0 unspecified atom stereocenters. The van der Waals surface area contributed by atoms with E-state index >= 15 is 0 Å². The molecular formula is C9H6BrFN2O2. The molecule has 0 radical (unpaired) electrons. The molecule has 0 atom stereocenters. The van der Waals surface area contributed by atoms with Crippen molar-refractivity contribution in [1.82, 2.24) is 9.38 Å². The number of hydrogen-bond acceptors (Lipinski definition) is 2. The van der Waals surface area contributed by atoms with Crippen molar-refractivity contribution in [2.75, 3.05) is 0 Å². The highest BCUT2D eigenvalue weighted by Crippen LogP contribution is 2.20. The predicted octanol–water partition coefficient (Wildman–Crippen LogP) is 1.86. The average molecular weight is 273 g/mol. The molecule has 0 aliphatic carbocycles. The predicted molar refractivity (Wildman–Crippen MR) is 54.2 cm³/mol. The number of carboxylic acid groups (broad SMARTS) is 1. The third-order valence-electron chi connectivity index (χ3n) is 1.95. The normalized spacial score (nSPS) is 10.8. The number of hydrogen-bond donors (Lipinski definition) is 1. The van der Waals surface area contributed by atoms with Gasteiger partial charge in [0, 0.05) is 0 Å². The van der Waals surface area contributed by atoms with Crippen LogP contribution in [0.2, 0.25) is 0 Å². The molecule has 0 saturated carbocycles. The first kappa shape index (κ1) is 10.1. The van der Waals surface area contributed by atoms with Gasteiger partial charge in [0.2, 0.25) is 0 Å². The quantitative estimate of drug-likeness (QED) is 0.850. The summed E-state index contributed by atoms with van der Waals surface area (Å²) in [6.45, 7) is 0. The number of nitrogens with zero attached hydrogens (tertiary/aromatic N) is 2. The Kier molecular flexibility index (Phi) is 2.44. The maximum atomic E-state index is 13.4. The topological polar surface area (TPSA) is 54.6 Å². The fraction of sp³-hybridized carbons (Fsp3) is 0.111. The van der Waals surface area contributed by atoms with Gasteiger partial charge in [0.05, 0.1) is 5.52 Å². The second-order valence-electron chi connectivity index (χ2n) is 2.96. The molecule has 4 nitrogen and oxygen atoms in total. The summed E-state index contributed by atoms with van der Waals surface area (Å²) in [5.74, 6) is -1.40. The van der Waals surface area contributed by atoms with Crippen molar-refractivity contribution in [3.05, 3.63) is 34.6 Å². The smallest absolute Gasteiger partial charge is 0.311 e. The number of carbonyl (C=O) groups is 1. The van der Waals surface area contributed by atoms with Crippen molar-refractivity contribution in [1.29, 1.82) is 0 Å². The van der Waals surface area contributed by atoms with Gasteiger partial charge in [0.25, 0.3) is 0 Å². The lowest BCUT2D eigenvalue weighted by Gasteiger charge is -1.99. The molecule has 6 heteroatoms. The molecule has 0 fully saturated rings. The van der Waals surface area contributed by atoms with E-state index in [9.17, 15) is 9.18 Å². The molecule has 2 aromatic rings. The van der Waals surface area contributed by atoms with Crippen molar-refractivity contribution < 1.29 is 14.3 Å². The Morgan fingerprint density at radius 2 is 2.33 bits per heavy atom. The highest BCUT2D eigenvalue weighted by molar-refractivity contribution is 9.10. The van der Waals surface area contributed by atoms with E-state index in [0.717, 1.165) is 0 Å². The Hall–Kier alpha value is -1.43. The monoisotopic (exact) mass is 272 g/mol. The van der Waals surface area contributed by atoms with Gasteiger partial charge < -0.3 is 5.11 Å². The van der Waals surface area contributed by atoms with Crippen LogP contribution in [0.15, 0.2) is 22.8 Å². The Morgan fingerprint density at radius 3 is 3.00 bits per heavy atom. The van der Waals surface area contributed by atoms with Crippen LogP contribution < -0.4 is 0 Å². The fourth-order valence-corrected chi connectivity index (χ4v) is 1.89. The summed E-state index contributed by atoms with van der Waals surface area (Å²) in [6.07, 6.45) is -0.312. The highest BCUT2D eigenvalue weighted by Gasteiger charge is 2.14. The molecule has 1 N–H and O–H groups in total. The summed E-state index contributed by atoms with van der Waals surface area (Å²) in [6, 6.07) is 4.46. The third-order valence-corrected chi connectivity index (χ3v) is 2.53. The summed E-state index contributed by atoms with van der Waals surface area (Å²) in [4.78, 5) is 14.5. The minimum absolute atomic E-state index is 0.169. The van der Waals surface area contributed by atoms with Crippen molar-refractivity contribution >= 4 is 27.4 Å². The van der Waals surface area contributed by atoms with Crippen LogP contribution in [0.1, 0.15) is 5.82 Å². The molecule has 0 spiro atoms. The van der Waals surface area contributed by atoms with E-state index in [0.29, 0.717) is 10.1 Å². The SMILES string of the molecule is O=C(O)Cc1nc(Br)c2cccc(F)n12. The van der Waals surface area contributed by atoms with Crippen molar-refractivity contribution in [2.24, 2.45) is 0 Å². The minimum Gasteiger partial charge on any atom is -0.481 e. The van der Waals surface area contributed by atoms with Gasteiger partial charge in [-0.2, -0.15) is 4.39 Å². The van der Waals surface area contributed by atoms with Crippen LogP contribution in [0.3, 0.4) is 0 Å². The summed E-state index contributed by atoms with van der Waals surface area (Å²) < 4.78 is 15.0. The van der Waals surface area contributed by atoms with Crippen LogP contribution in [0.5, 0.6) is 0 Å². The third kappa shape index (κ3) is 1.72. The Labute approximate surface area is 92.5 Å². The van der Waals surface area contributed by atoms with E-state index in [2.05, 4.69) is 20.9 Å². The zero-order chi connectivity index (χ0) is 11.0. The Balaban J connectivity index is 2.70. The molecule has 2 aromatic heterocycles. The van der Waals surface area contributed by atoms with Gasteiger partial charge in [-0.25, -0.2) is 4.98 Å². The first-order valence-corrected chi connectivity index (χ1v) is 4.92. The molecule has 0 amide bonds. The van der Waals surface area contributed by atoms with Gasteiger partial charge in [0.1, 0.15) is 16.8 Å². The Bertz CT molecular complexity index is 538. The number of carboxylic acids is 1. The van der Waals surface area contributed by atoms with Gasteiger partial charge >= 0.3 is 5.97 Å². The van der Waals surface area contributed by atoms with Crippen LogP contribution in [0.4, 0.5) is 4.39 Å². The number of aromatic nitrogens is 2. The molecule has 0 saturated heterocycles. The van der Waals surface area contributed by atoms with E-state index in [1.54, 1.807) is 12.1 Å².